The summed E-state index contributed by atoms with van der Waals surface area (Å²) in [5.74, 6) is -0.982. The van der Waals surface area contributed by atoms with Crippen molar-refractivity contribution in [2.24, 2.45) is 0 Å². The highest BCUT2D eigenvalue weighted by Gasteiger charge is 2.21. The number of hydrogen-bond donors (Lipinski definition) is 2. The van der Waals surface area contributed by atoms with Crippen molar-refractivity contribution in [3.05, 3.63) is 28.2 Å². The predicted molar refractivity (Wildman–Crippen MR) is 72.9 cm³/mol. The molecule has 0 atom stereocenters. The van der Waals surface area contributed by atoms with E-state index in [1.165, 1.54) is 20.3 Å². The number of esters is 1. The molecule has 0 spiro atoms. The first-order valence-corrected chi connectivity index (χ1v) is 6.09. The smallest absolute Gasteiger partial charge is 0.345 e. The fourth-order valence-electron chi connectivity index (χ4n) is 1.83. The van der Waals surface area contributed by atoms with Crippen LogP contribution in [0.4, 0.5) is 0 Å². The van der Waals surface area contributed by atoms with Crippen LogP contribution in [0.15, 0.2) is 22.7 Å². The summed E-state index contributed by atoms with van der Waals surface area (Å²) in [6, 6.07) is 4.63. The van der Waals surface area contributed by atoms with E-state index in [9.17, 15) is 15.0 Å². The van der Waals surface area contributed by atoms with Gasteiger partial charge in [0.1, 0.15) is 22.8 Å². The summed E-state index contributed by atoms with van der Waals surface area (Å²) in [6.45, 7) is 0. The number of carbonyl (C=O) groups is 1. The second kappa shape index (κ2) is 4.97. The van der Waals surface area contributed by atoms with Crippen LogP contribution < -0.4 is 4.74 Å². The standard InChI is InChI=1S/C13H11BrO5/c1-18-10-5-7-6(3-8(10)14)4-9(15)11(12(7)16)13(17)19-2/h3-5,15-16H,1-2H3. The highest BCUT2D eigenvalue weighted by atomic mass is 79.9. The summed E-state index contributed by atoms with van der Waals surface area (Å²) in [7, 11) is 2.66. The largest absolute Gasteiger partial charge is 0.507 e. The topological polar surface area (TPSA) is 76.0 Å². The maximum absolute atomic E-state index is 11.5. The number of rotatable bonds is 2. The van der Waals surface area contributed by atoms with Crippen molar-refractivity contribution < 1.29 is 24.5 Å². The Hall–Kier alpha value is -1.95. The summed E-state index contributed by atoms with van der Waals surface area (Å²) in [4.78, 5) is 11.5. The Kier molecular flexibility index (Phi) is 3.53. The number of aromatic hydroxyl groups is 2. The lowest BCUT2D eigenvalue weighted by Gasteiger charge is -2.11. The molecule has 19 heavy (non-hydrogen) atoms. The van der Waals surface area contributed by atoms with E-state index in [1.54, 1.807) is 12.1 Å². The lowest BCUT2D eigenvalue weighted by Crippen LogP contribution is -2.02. The van der Waals surface area contributed by atoms with Gasteiger partial charge in [0.25, 0.3) is 0 Å². The highest BCUT2D eigenvalue weighted by Crippen LogP contribution is 2.40. The summed E-state index contributed by atoms with van der Waals surface area (Å²) in [6.07, 6.45) is 0. The van der Waals surface area contributed by atoms with Crippen LogP contribution in [-0.4, -0.2) is 30.4 Å². The zero-order chi connectivity index (χ0) is 14.2. The van der Waals surface area contributed by atoms with Gasteiger partial charge in [-0.1, -0.05) is 0 Å². The number of carbonyl (C=O) groups excluding carboxylic acids is 1. The van der Waals surface area contributed by atoms with Gasteiger partial charge >= 0.3 is 5.97 Å². The molecule has 0 aliphatic carbocycles. The van der Waals surface area contributed by atoms with Crippen LogP contribution in [0.25, 0.3) is 10.8 Å². The fraction of sp³-hybridized carbons (Fsp3) is 0.154. The molecule has 2 rings (SSSR count). The molecule has 2 N–H and O–H groups in total. The first-order chi connectivity index (χ1) is 8.99. The molecule has 2 aromatic carbocycles. The molecule has 0 aliphatic heterocycles. The molecule has 0 saturated carbocycles. The van der Waals surface area contributed by atoms with Gasteiger partial charge in [-0.3, -0.25) is 0 Å². The van der Waals surface area contributed by atoms with Gasteiger partial charge in [0, 0.05) is 5.39 Å². The number of methoxy groups -OCH3 is 2. The van der Waals surface area contributed by atoms with E-state index < -0.39 is 5.97 Å². The molecule has 0 unspecified atom stereocenters. The predicted octanol–water partition coefficient (Wildman–Crippen LogP) is 2.81. The average Bonchev–Trinajstić information content (AvgIpc) is 2.37. The molecule has 0 heterocycles. The lowest BCUT2D eigenvalue weighted by atomic mass is 10.0. The molecule has 0 aromatic heterocycles. The number of phenols is 2. The van der Waals surface area contributed by atoms with Crippen LogP contribution in [-0.2, 0) is 4.74 Å². The number of hydrogen-bond acceptors (Lipinski definition) is 5. The second-order valence-corrected chi connectivity index (χ2v) is 4.67. The van der Waals surface area contributed by atoms with E-state index in [0.717, 1.165) is 0 Å². The number of fused-ring (bicyclic) bond motifs is 1. The van der Waals surface area contributed by atoms with Gasteiger partial charge in [-0.2, -0.15) is 0 Å². The summed E-state index contributed by atoms with van der Waals surface area (Å²) in [5.41, 5.74) is -0.264. The molecule has 5 nitrogen and oxygen atoms in total. The molecule has 0 saturated heterocycles. The molecule has 6 heteroatoms. The van der Waals surface area contributed by atoms with E-state index in [2.05, 4.69) is 20.7 Å². The Balaban J connectivity index is 2.82. The van der Waals surface area contributed by atoms with Gasteiger partial charge in [0.2, 0.25) is 0 Å². The maximum atomic E-state index is 11.5. The van der Waals surface area contributed by atoms with Crippen molar-refractivity contribution >= 4 is 32.7 Å². The van der Waals surface area contributed by atoms with Crippen molar-refractivity contribution in [1.29, 1.82) is 0 Å². The highest BCUT2D eigenvalue weighted by molar-refractivity contribution is 9.10. The van der Waals surface area contributed by atoms with Crippen LogP contribution in [0.1, 0.15) is 10.4 Å². The van der Waals surface area contributed by atoms with Crippen LogP contribution in [0.2, 0.25) is 0 Å². The Morgan fingerprint density at radius 1 is 1.21 bits per heavy atom. The third-order valence-electron chi connectivity index (χ3n) is 2.75. The van der Waals surface area contributed by atoms with Gasteiger partial charge in [-0.05, 0) is 39.5 Å². The van der Waals surface area contributed by atoms with Crippen molar-refractivity contribution in [3.8, 4) is 17.2 Å². The minimum atomic E-state index is -0.807. The third-order valence-corrected chi connectivity index (χ3v) is 3.37. The van der Waals surface area contributed by atoms with E-state index in [1.807, 2.05) is 0 Å². The summed E-state index contributed by atoms with van der Waals surface area (Å²) < 4.78 is 10.3. The molecule has 0 fully saturated rings. The van der Waals surface area contributed by atoms with Gasteiger partial charge < -0.3 is 19.7 Å². The van der Waals surface area contributed by atoms with Crippen molar-refractivity contribution in [1.82, 2.24) is 0 Å². The van der Waals surface area contributed by atoms with Crippen molar-refractivity contribution in [2.75, 3.05) is 14.2 Å². The maximum Gasteiger partial charge on any atom is 0.345 e. The summed E-state index contributed by atoms with van der Waals surface area (Å²) >= 11 is 3.31. The van der Waals surface area contributed by atoms with E-state index in [-0.39, 0.29) is 17.1 Å². The SMILES string of the molecule is COC(=O)c1c(O)cc2cc(Br)c(OC)cc2c1O. The van der Waals surface area contributed by atoms with Gasteiger partial charge in [0.15, 0.2) is 0 Å². The van der Waals surface area contributed by atoms with Gasteiger partial charge in [-0.15, -0.1) is 0 Å². The quantitative estimate of drug-likeness (QED) is 0.830. The number of halogens is 1. The van der Waals surface area contributed by atoms with Crippen LogP contribution in [0.3, 0.4) is 0 Å². The molecule has 0 radical (unpaired) electrons. The number of benzene rings is 2. The minimum Gasteiger partial charge on any atom is -0.507 e. The number of phenolic OH excluding ortho intramolecular Hbond substituents is 2. The molecule has 2 aromatic rings. The van der Waals surface area contributed by atoms with Crippen LogP contribution in [0, 0.1) is 0 Å². The molecule has 0 amide bonds. The monoisotopic (exact) mass is 326 g/mol. The normalized spacial score (nSPS) is 10.5. The minimum absolute atomic E-state index is 0.264. The Morgan fingerprint density at radius 2 is 1.89 bits per heavy atom. The average molecular weight is 327 g/mol. The van der Waals surface area contributed by atoms with E-state index in [0.29, 0.717) is 21.0 Å². The fourth-order valence-corrected chi connectivity index (χ4v) is 2.35. The Labute approximate surface area is 117 Å². The summed E-state index contributed by atoms with van der Waals surface area (Å²) in [5, 5.41) is 20.9. The molecular formula is C13H11BrO5. The Bertz CT molecular complexity index is 666. The van der Waals surface area contributed by atoms with Crippen molar-refractivity contribution in [3.63, 3.8) is 0 Å². The van der Waals surface area contributed by atoms with E-state index >= 15 is 0 Å². The zero-order valence-corrected chi connectivity index (χ0v) is 11.8. The molecular weight excluding hydrogens is 316 g/mol. The van der Waals surface area contributed by atoms with Crippen molar-refractivity contribution in [2.45, 2.75) is 0 Å². The molecule has 100 valence electrons. The van der Waals surface area contributed by atoms with Gasteiger partial charge in [0.05, 0.1) is 18.7 Å². The third kappa shape index (κ3) is 2.19. The lowest BCUT2D eigenvalue weighted by molar-refractivity contribution is 0.0594. The van der Waals surface area contributed by atoms with Gasteiger partial charge in [-0.25, -0.2) is 4.79 Å². The Morgan fingerprint density at radius 3 is 2.47 bits per heavy atom. The zero-order valence-electron chi connectivity index (χ0n) is 10.2. The molecule has 0 bridgehead atoms. The molecule has 0 aliphatic rings. The number of ether oxygens (including phenoxy) is 2. The van der Waals surface area contributed by atoms with E-state index in [4.69, 9.17) is 4.74 Å². The van der Waals surface area contributed by atoms with Crippen LogP contribution in [0.5, 0.6) is 17.2 Å². The van der Waals surface area contributed by atoms with Crippen LogP contribution >= 0.6 is 15.9 Å². The first-order valence-electron chi connectivity index (χ1n) is 5.30. The second-order valence-electron chi connectivity index (χ2n) is 3.82. The first kappa shape index (κ1) is 13.5.